The second-order valence-electron chi connectivity index (χ2n) is 4.74. The maximum atomic E-state index is 4.20. The SMILES string of the molecule is Cc1ncc(CNCc2cccc3ccccc23)[nH]1. The average Bonchev–Trinajstić information content (AvgIpc) is 2.85. The molecule has 0 saturated heterocycles. The number of hydrogen-bond acceptors (Lipinski definition) is 2. The molecule has 1 heterocycles. The maximum absolute atomic E-state index is 4.20. The van der Waals surface area contributed by atoms with E-state index < -0.39 is 0 Å². The van der Waals surface area contributed by atoms with E-state index in [0.717, 1.165) is 24.6 Å². The number of benzene rings is 2. The Morgan fingerprint density at radius 1 is 1.05 bits per heavy atom. The van der Waals surface area contributed by atoms with Crippen molar-refractivity contribution in [1.82, 2.24) is 15.3 Å². The molecule has 0 unspecified atom stereocenters. The number of fused-ring (bicyclic) bond motifs is 1. The lowest BCUT2D eigenvalue weighted by Crippen LogP contribution is -2.13. The van der Waals surface area contributed by atoms with Crippen molar-refractivity contribution in [3.05, 3.63) is 65.7 Å². The van der Waals surface area contributed by atoms with E-state index in [-0.39, 0.29) is 0 Å². The Bertz CT molecular complexity index is 680. The number of H-pyrrole nitrogens is 1. The molecule has 0 spiro atoms. The maximum Gasteiger partial charge on any atom is 0.103 e. The van der Waals surface area contributed by atoms with Crippen molar-refractivity contribution < 1.29 is 0 Å². The van der Waals surface area contributed by atoms with Crippen LogP contribution in [0.3, 0.4) is 0 Å². The Morgan fingerprint density at radius 3 is 2.74 bits per heavy atom. The minimum absolute atomic E-state index is 0.810. The number of nitrogens with one attached hydrogen (secondary N) is 2. The summed E-state index contributed by atoms with van der Waals surface area (Å²) in [6.45, 7) is 3.64. The Morgan fingerprint density at radius 2 is 1.89 bits per heavy atom. The number of aryl methyl sites for hydroxylation is 1. The van der Waals surface area contributed by atoms with Gasteiger partial charge in [-0.1, -0.05) is 42.5 Å². The van der Waals surface area contributed by atoms with Crippen LogP contribution >= 0.6 is 0 Å². The molecule has 3 heteroatoms. The molecular weight excluding hydrogens is 234 g/mol. The average molecular weight is 251 g/mol. The van der Waals surface area contributed by atoms with Crippen molar-refractivity contribution in [2.75, 3.05) is 0 Å². The summed E-state index contributed by atoms with van der Waals surface area (Å²) in [5.41, 5.74) is 2.45. The molecule has 0 saturated carbocycles. The first-order chi connectivity index (χ1) is 9.33. The van der Waals surface area contributed by atoms with Crippen LogP contribution in [-0.4, -0.2) is 9.97 Å². The molecule has 96 valence electrons. The minimum Gasteiger partial charge on any atom is -0.345 e. The van der Waals surface area contributed by atoms with E-state index in [1.807, 2.05) is 13.1 Å². The highest BCUT2D eigenvalue weighted by Crippen LogP contribution is 2.18. The Kier molecular flexibility index (Phi) is 3.29. The highest BCUT2D eigenvalue weighted by atomic mass is 15.0. The molecule has 0 amide bonds. The predicted octanol–water partition coefficient (Wildman–Crippen LogP) is 3.16. The lowest BCUT2D eigenvalue weighted by atomic mass is 10.0. The third kappa shape index (κ3) is 2.66. The van der Waals surface area contributed by atoms with Gasteiger partial charge in [0.15, 0.2) is 0 Å². The fraction of sp³-hybridized carbons (Fsp3) is 0.188. The zero-order valence-electron chi connectivity index (χ0n) is 11.0. The lowest BCUT2D eigenvalue weighted by molar-refractivity contribution is 0.684. The quantitative estimate of drug-likeness (QED) is 0.747. The monoisotopic (exact) mass is 251 g/mol. The van der Waals surface area contributed by atoms with Crippen LogP contribution in [-0.2, 0) is 13.1 Å². The third-order valence-corrected chi connectivity index (χ3v) is 3.27. The van der Waals surface area contributed by atoms with E-state index in [1.54, 1.807) is 0 Å². The van der Waals surface area contributed by atoms with Crippen LogP contribution in [0.25, 0.3) is 10.8 Å². The van der Waals surface area contributed by atoms with Gasteiger partial charge in [0.25, 0.3) is 0 Å². The standard InChI is InChI=1S/C16H17N3/c1-12-18-11-15(19-12)10-17-9-14-7-4-6-13-5-2-3-8-16(13)14/h2-8,11,17H,9-10H2,1H3,(H,18,19). The van der Waals surface area contributed by atoms with Gasteiger partial charge in [-0.15, -0.1) is 0 Å². The van der Waals surface area contributed by atoms with Gasteiger partial charge in [-0.25, -0.2) is 4.98 Å². The molecular formula is C16H17N3. The van der Waals surface area contributed by atoms with Crippen LogP contribution in [0, 0.1) is 6.92 Å². The molecule has 2 aromatic carbocycles. The molecule has 0 atom stereocenters. The lowest BCUT2D eigenvalue weighted by Gasteiger charge is -2.07. The molecule has 0 fully saturated rings. The van der Waals surface area contributed by atoms with E-state index in [4.69, 9.17) is 0 Å². The molecule has 0 radical (unpaired) electrons. The van der Waals surface area contributed by atoms with E-state index in [2.05, 4.69) is 57.7 Å². The fourth-order valence-electron chi connectivity index (χ4n) is 2.34. The zero-order chi connectivity index (χ0) is 13.1. The highest BCUT2D eigenvalue weighted by Gasteiger charge is 2.00. The van der Waals surface area contributed by atoms with Crippen LogP contribution < -0.4 is 5.32 Å². The zero-order valence-corrected chi connectivity index (χ0v) is 11.0. The summed E-state index contributed by atoms with van der Waals surface area (Å²) in [7, 11) is 0. The van der Waals surface area contributed by atoms with Gasteiger partial charge in [-0.2, -0.15) is 0 Å². The van der Waals surface area contributed by atoms with Crippen molar-refractivity contribution >= 4 is 10.8 Å². The molecule has 19 heavy (non-hydrogen) atoms. The fourth-order valence-corrected chi connectivity index (χ4v) is 2.34. The largest absolute Gasteiger partial charge is 0.345 e. The van der Waals surface area contributed by atoms with Gasteiger partial charge >= 0.3 is 0 Å². The topological polar surface area (TPSA) is 40.7 Å². The summed E-state index contributed by atoms with van der Waals surface area (Å²) < 4.78 is 0. The van der Waals surface area contributed by atoms with Gasteiger partial charge < -0.3 is 10.3 Å². The molecule has 1 aromatic heterocycles. The smallest absolute Gasteiger partial charge is 0.103 e. The van der Waals surface area contributed by atoms with E-state index in [9.17, 15) is 0 Å². The first kappa shape index (κ1) is 11.9. The van der Waals surface area contributed by atoms with Crippen LogP contribution in [0.1, 0.15) is 17.1 Å². The second-order valence-corrected chi connectivity index (χ2v) is 4.74. The van der Waals surface area contributed by atoms with Crippen molar-refractivity contribution in [2.24, 2.45) is 0 Å². The first-order valence-corrected chi connectivity index (χ1v) is 6.51. The van der Waals surface area contributed by atoms with Crippen molar-refractivity contribution in [3.8, 4) is 0 Å². The highest BCUT2D eigenvalue weighted by molar-refractivity contribution is 5.85. The van der Waals surface area contributed by atoms with Gasteiger partial charge in [0.2, 0.25) is 0 Å². The van der Waals surface area contributed by atoms with Gasteiger partial charge in [-0.05, 0) is 23.3 Å². The van der Waals surface area contributed by atoms with Crippen LogP contribution in [0.4, 0.5) is 0 Å². The van der Waals surface area contributed by atoms with Gasteiger partial charge in [0, 0.05) is 25.0 Å². The molecule has 2 N–H and O–H groups in total. The van der Waals surface area contributed by atoms with E-state index >= 15 is 0 Å². The number of hydrogen-bond donors (Lipinski definition) is 2. The third-order valence-electron chi connectivity index (χ3n) is 3.27. The molecule has 0 aliphatic carbocycles. The van der Waals surface area contributed by atoms with E-state index in [0.29, 0.717) is 0 Å². The van der Waals surface area contributed by atoms with Crippen LogP contribution in [0.5, 0.6) is 0 Å². The molecule has 0 aliphatic rings. The number of rotatable bonds is 4. The van der Waals surface area contributed by atoms with Gasteiger partial charge in [-0.3, -0.25) is 0 Å². The number of nitrogens with zero attached hydrogens (tertiary/aromatic N) is 1. The van der Waals surface area contributed by atoms with Crippen molar-refractivity contribution in [3.63, 3.8) is 0 Å². The van der Waals surface area contributed by atoms with Gasteiger partial charge in [0.1, 0.15) is 5.82 Å². The minimum atomic E-state index is 0.810. The number of aromatic nitrogens is 2. The Hall–Kier alpha value is -2.13. The van der Waals surface area contributed by atoms with Crippen molar-refractivity contribution in [1.29, 1.82) is 0 Å². The molecule has 3 aromatic rings. The Balaban J connectivity index is 1.71. The molecule has 0 aliphatic heterocycles. The summed E-state index contributed by atoms with van der Waals surface area (Å²) in [6.07, 6.45) is 1.88. The van der Waals surface area contributed by atoms with Crippen molar-refractivity contribution in [2.45, 2.75) is 20.0 Å². The molecule has 0 bridgehead atoms. The summed E-state index contributed by atoms with van der Waals surface area (Å²) in [6, 6.07) is 14.9. The summed E-state index contributed by atoms with van der Waals surface area (Å²) in [4.78, 5) is 7.42. The summed E-state index contributed by atoms with van der Waals surface area (Å²) in [5, 5.41) is 6.06. The van der Waals surface area contributed by atoms with Crippen LogP contribution in [0.2, 0.25) is 0 Å². The summed E-state index contributed by atoms with van der Waals surface area (Å²) >= 11 is 0. The first-order valence-electron chi connectivity index (χ1n) is 6.51. The second kappa shape index (κ2) is 5.24. The number of aromatic amines is 1. The normalized spacial score (nSPS) is 11.0. The molecule has 3 nitrogen and oxygen atoms in total. The van der Waals surface area contributed by atoms with Crippen LogP contribution in [0.15, 0.2) is 48.7 Å². The van der Waals surface area contributed by atoms with Gasteiger partial charge in [0.05, 0.1) is 0 Å². The predicted molar refractivity (Wildman–Crippen MR) is 77.8 cm³/mol. The molecule has 3 rings (SSSR count). The number of imidazole rings is 1. The summed E-state index contributed by atoms with van der Waals surface area (Å²) in [5.74, 6) is 0.960. The van der Waals surface area contributed by atoms with E-state index in [1.165, 1.54) is 16.3 Å². The Labute approximate surface area is 112 Å².